The summed E-state index contributed by atoms with van der Waals surface area (Å²) in [4.78, 5) is 12.6. The summed E-state index contributed by atoms with van der Waals surface area (Å²) >= 11 is 10.2. The van der Waals surface area contributed by atoms with Crippen LogP contribution in [0.5, 0.6) is 0 Å². The second-order valence-electron chi connectivity index (χ2n) is 3.67. The van der Waals surface area contributed by atoms with E-state index in [1.165, 1.54) is 29.3 Å². The number of carbonyl (C=O) groups excluding carboxylic acids is 1. The molecule has 2 nitrogen and oxygen atoms in total. The molecule has 0 aliphatic carbocycles. The lowest BCUT2D eigenvalue weighted by atomic mass is 10.1. The number of hydrogen-bond acceptors (Lipinski definition) is 3. The molecule has 2 heterocycles. The van der Waals surface area contributed by atoms with Gasteiger partial charge in [-0.15, -0.1) is 11.3 Å². The summed E-state index contributed by atoms with van der Waals surface area (Å²) in [7, 11) is 0. The molecule has 1 saturated heterocycles. The average molecular weight is 385 g/mol. The Morgan fingerprint density at radius 3 is 2.94 bits per heavy atom. The molecular formula is C10H11Br2NOS2. The third-order valence-electron chi connectivity index (χ3n) is 2.44. The van der Waals surface area contributed by atoms with E-state index < -0.39 is 0 Å². The SMILES string of the molecule is O=C(NCC1CCSC1)c1cc(Br)c(Br)s1. The zero-order chi connectivity index (χ0) is 11.5. The monoisotopic (exact) mass is 383 g/mol. The number of nitrogens with one attached hydrogen (secondary N) is 1. The van der Waals surface area contributed by atoms with Gasteiger partial charge in [-0.3, -0.25) is 4.79 Å². The lowest BCUT2D eigenvalue weighted by Gasteiger charge is -2.08. The molecule has 6 heteroatoms. The van der Waals surface area contributed by atoms with Gasteiger partial charge >= 0.3 is 0 Å². The molecule has 0 radical (unpaired) electrons. The van der Waals surface area contributed by atoms with E-state index in [1.54, 1.807) is 0 Å². The maximum Gasteiger partial charge on any atom is 0.261 e. The van der Waals surface area contributed by atoms with Crippen LogP contribution < -0.4 is 5.32 Å². The van der Waals surface area contributed by atoms with E-state index in [0.717, 1.165) is 19.7 Å². The number of thiophene rings is 1. The van der Waals surface area contributed by atoms with Gasteiger partial charge in [0.2, 0.25) is 0 Å². The molecule has 1 aromatic heterocycles. The van der Waals surface area contributed by atoms with Crippen LogP contribution in [0.2, 0.25) is 0 Å². The summed E-state index contributed by atoms with van der Waals surface area (Å²) < 4.78 is 1.91. The van der Waals surface area contributed by atoms with Crippen molar-refractivity contribution in [1.82, 2.24) is 5.32 Å². The highest BCUT2D eigenvalue weighted by Gasteiger charge is 2.17. The van der Waals surface area contributed by atoms with Gasteiger partial charge in [-0.25, -0.2) is 0 Å². The van der Waals surface area contributed by atoms with E-state index in [9.17, 15) is 4.79 Å². The van der Waals surface area contributed by atoms with Crippen molar-refractivity contribution in [2.45, 2.75) is 6.42 Å². The largest absolute Gasteiger partial charge is 0.351 e. The summed E-state index contributed by atoms with van der Waals surface area (Å²) in [5.74, 6) is 3.10. The fourth-order valence-electron chi connectivity index (χ4n) is 1.53. The predicted octanol–water partition coefficient (Wildman–Crippen LogP) is 3.76. The summed E-state index contributed by atoms with van der Waals surface area (Å²) in [6, 6.07) is 1.85. The van der Waals surface area contributed by atoms with Crippen LogP contribution in [0.25, 0.3) is 0 Å². The van der Waals surface area contributed by atoms with E-state index >= 15 is 0 Å². The van der Waals surface area contributed by atoms with Gasteiger partial charge in [0, 0.05) is 11.0 Å². The molecule has 0 bridgehead atoms. The van der Waals surface area contributed by atoms with Crippen LogP contribution in [0.15, 0.2) is 14.3 Å². The van der Waals surface area contributed by atoms with Gasteiger partial charge in [0.15, 0.2) is 0 Å². The molecule has 1 fully saturated rings. The molecule has 1 aliphatic heterocycles. The van der Waals surface area contributed by atoms with Crippen molar-refractivity contribution in [2.24, 2.45) is 5.92 Å². The number of carbonyl (C=O) groups is 1. The van der Waals surface area contributed by atoms with Gasteiger partial charge in [-0.2, -0.15) is 11.8 Å². The Labute approximate surface area is 120 Å². The average Bonchev–Trinajstić information content (AvgIpc) is 2.86. The first-order valence-electron chi connectivity index (χ1n) is 4.97. The normalized spacial score (nSPS) is 20.0. The molecule has 1 aromatic rings. The molecule has 0 aromatic carbocycles. The van der Waals surface area contributed by atoms with Crippen LogP contribution in [0.4, 0.5) is 0 Å². The van der Waals surface area contributed by atoms with Crippen LogP contribution in [0.1, 0.15) is 16.1 Å². The molecule has 0 saturated carbocycles. The second-order valence-corrected chi connectivity index (χ2v) is 8.05. The van der Waals surface area contributed by atoms with E-state index in [-0.39, 0.29) is 5.91 Å². The highest BCUT2D eigenvalue weighted by molar-refractivity contribution is 9.13. The molecule has 0 spiro atoms. The number of rotatable bonds is 3. The first kappa shape index (κ1) is 12.9. The minimum Gasteiger partial charge on any atom is -0.351 e. The van der Waals surface area contributed by atoms with Gasteiger partial charge in [0.05, 0.1) is 8.66 Å². The number of hydrogen-bond donors (Lipinski definition) is 1. The van der Waals surface area contributed by atoms with E-state index in [4.69, 9.17) is 0 Å². The Kier molecular flexibility index (Phi) is 4.76. The third-order valence-corrected chi connectivity index (χ3v) is 6.93. The molecule has 88 valence electrons. The topological polar surface area (TPSA) is 29.1 Å². The molecule has 1 aliphatic rings. The Balaban J connectivity index is 1.87. The lowest BCUT2D eigenvalue weighted by Crippen LogP contribution is -2.28. The van der Waals surface area contributed by atoms with Crippen LogP contribution in [-0.2, 0) is 0 Å². The highest BCUT2D eigenvalue weighted by atomic mass is 79.9. The van der Waals surface area contributed by atoms with Gasteiger partial charge in [-0.1, -0.05) is 0 Å². The summed E-state index contributed by atoms with van der Waals surface area (Å²) in [6.07, 6.45) is 1.22. The van der Waals surface area contributed by atoms with Crippen molar-refractivity contribution in [1.29, 1.82) is 0 Å². The van der Waals surface area contributed by atoms with Gasteiger partial charge in [-0.05, 0) is 61.8 Å². The van der Waals surface area contributed by atoms with Crippen LogP contribution >= 0.6 is 55.0 Å². The van der Waals surface area contributed by atoms with Crippen molar-refractivity contribution in [2.75, 3.05) is 18.1 Å². The quantitative estimate of drug-likeness (QED) is 0.859. The first-order valence-corrected chi connectivity index (χ1v) is 8.53. The number of amides is 1. The van der Waals surface area contributed by atoms with Crippen LogP contribution in [0.3, 0.4) is 0 Å². The smallest absolute Gasteiger partial charge is 0.261 e. The maximum atomic E-state index is 11.8. The Hall–Kier alpha value is 0.480. The number of thioether (sulfide) groups is 1. The van der Waals surface area contributed by atoms with Crippen LogP contribution in [-0.4, -0.2) is 24.0 Å². The fraction of sp³-hybridized carbons (Fsp3) is 0.500. The molecule has 2 rings (SSSR count). The molecule has 1 atom stereocenters. The van der Waals surface area contributed by atoms with Crippen molar-refractivity contribution >= 4 is 60.9 Å². The lowest BCUT2D eigenvalue weighted by molar-refractivity contribution is 0.0952. The van der Waals surface area contributed by atoms with Gasteiger partial charge in [0.25, 0.3) is 5.91 Å². The summed E-state index contributed by atoms with van der Waals surface area (Å²) in [5.41, 5.74) is 0. The van der Waals surface area contributed by atoms with Crippen molar-refractivity contribution in [3.8, 4) is 0 Å². The minimum atomic E-state index is 0.0355. The van der Waals surface area contributed by atoms with Gasteiger partial charge < -0.3 is 5.32 Å². The van der Waals surface area contributed by atoms with Crippen molar-refractivity contribution in [3.05, 3.63) is 19.2 Å². The molecular weight excluding hydrogens is 374 g/mol. The summed E-state index contributed by atoms with van der Waals surface area (Å²) in [6.45, 7) is 0.805. The van der Waals surface area contributed by atoms with E-state index in [1.807, 2.05) is 17.8 Å². The molecule has 16 heavy (non-hydrogen) atoms. The zero-order valence-corrected chi connectivity index (χ0v) is 13.3. The fourth-order valence-corrected chi connectivity index (χ4v) is 4.76. The Morgan fingerprint density at radius 1 is 1.56 bits per heavy atom. The highest BCUT2D eigenvalue weighted by Crippen LogP contribution is 2.32. The first-order chi connectivity index (χ1) is 7.66. The molecule has 1 N–H and O–H groups in total. The maximum absolute atomic E-state index is 11.8. The number of halogens is 2. The summed E-state index contributed by atoms with van der Waals surface area (Å²) in [5, 5.41) is 3.00. The van der Waals surface area contributed by atoms with Crippen molar-refractivity contribution < 1.29 is 4.79 Å². The third kappa shape index (κ3) is 3.24. The Bertz CT molecular complexity index is 369. The minimum absolute atomic E-state index is 0.0355. The molecule has 1 unspecified atom stereocenters. The standard InChI is InChI=1S/C10H11Br2NOS2/c11-7-3-8(16-9(7)12)10(14)13-4-6-1-2-15-5-6/h3,6H,1-2,4-5H2,(H,13,14). The van der Waals surface area contributed by atoms with Crippen LogP contribution in [0, 0.1) is 5.92 Å². The predicted molar refractivity (Wildman–Crippen MR) is 77.5 cm³/mol. The second kappa shape index (κ2) is 5.89. The molecule has 1 amide bonds. The van der Waals surface area contributed by atoms with Crippen molar-refractivity contribution in [3.63, 3.8) is 0 Å². The van der Waals surface area contributed by atoms with E-state index in [2.05, 4.69) is 37.2 Å². The van der Waals surface area contributed by atoms with E-state index in [0.29, 0.717) is 5.92 Å². The van der Waals surface area contributed by atoms with Gasteiger partial charge in [0.1, 0.15) is 0 Å². The Morgan fingerprint density at radius 2 is 2.38 bits per heavy atom. The zero-order valence-electron chi connectivity index (χ0n) is 8.46.